The largest absolute Gasteiger partial charge is 0.382 e. The van der Waals surface area contributed by atoms with Crippen molar-refractivity contribution in [3.8, 4) is 32.3 Å². The van der Waals surface area contributed by atoms with Crippen LogP contribution < -0.4 is 11.1 Å². The Bertz CT molecular complexity index is 1710. The molecule has 0 aliphatic carbocycles. The van der Waals surface area contributed by atoms with E-state index in [0.29, 0.717) is 11.4 Å². The molecule has 6 aromatic rings. The highest BCUT2D eigenvalue weighted by molar-refractivity contribution is 7.21. The molecule has 0 fully saturated rings. The summed E-state index contributed by atoms with van der Waals surface area (Å²) >= 11 is 3.20. The summed E-state index contributed by atoms with van der Waals surface area (Å²) < 4.78 is 0. The Labute approximate surface area is 220 Å². The maximum atomic E-state index is 13.2. The zero-order valence-corrected chi connectivity index (χ0v) is 21.1. The Morgan fingerprint density at radius 2 is 1.73 bits per heavy atom. The Kier molecular flexibility index (Phi) is 6.13. The first kappa shape index (κ1) is 23.0. The molecule has 0 atom stereocenters. The van der Waals surface area contributed by atoms with Crippen molar-refractivity contribution >= 4 is 45.3 Å². The van der Waals surface area contributed by atoms with E-state index >= 15 is 0 Å². The van der Waals surface area contributed by atoms with E-state index in [1.54, 1.807) is 28.9 Å². The first-order chi connectivity index (χ1) is 18.2. The van der Waals surface area contributed by atoms with Crippen molar-refractivity contribution in [3.63, 3.8) is 0 Å². The van der Waals surface area contributed by atoms with Crippen LogP contribution in [0.3, 0.4) is 0 Å². The zero-order valence-electron chi connectivity index (χ0n) is 19.5. The molecular formula is C28H20N6OS2. The van der Waals surface area contributed by atoms with Crippen LogP contribution in [0.1, 0.15) is 15.5 Å². The molecule has 4 heterocycles. The van der Waals surface area contributed by atoms with Crippen LogP contribution in [0, 0.1) is 0 Å². The van der Waals surface area contributed by atoms with Gasteiger partial charge in [0.15, 0.2) is 11.5 Å². The van der Waals surface area contributed by atoms with Crippen LogP contribution in [0.2, 0.25) is 0 Å². The summed E-state index contributed by atoms with van der Waals surface area (Å²) in [5.41, 5.74) is 10.1. The lowest BCUT2D eigenvalue weighted by Crippen LogP contribution is -2.25. The number of benzene rings is 2. The number of amides is 1. The summed E-state index contributed by atoms with van der Waals surface area (Å²) in [6, 6.07) is 23.5. The number of nitrogen functional groups attached to an aromatic ring is 1. The number of hydrogen-bond acceptors (Lipinski definition) is 8. The van der Waals surface area contributed by atoms with Crippen molar-refractivity contribution in [2.75, 3.05) is 5.73 Å². The number of carbonyl (C=O) groups is 1. The van der Waals surface area contributed by atoms with E-state index in [4.69, 9.17) is 10.7 Å². The molecule has 0 aliphatic heterocycles. The van der Waals surface area contributed by atoms with E-state index in [-0.39, 0.29) is 18.1 Å². The number of nitrogens with zero attached hydrogens (tertiary/aromatic N) is 4. The van der Waals surface area contributed by atoms with E-state index < -0.39 is 5.91 Å². The number of thiophene rings is 1. The number of aromatic nitrogens is 4. The molecule has 0 saturated carbocycles. The molecule has 37 heavy (non-hydrogen) atoms. The number of fused-ring (bicyclic) bond motifs is 1. The second-order valence-corrected chi connectivity index (χ2v) is 10.3. The van der Waals surface area contributed by atoms with Crippen LogP contribution in [-0.4, -0.2) is 25.8 Å². The van der Waals surface area contributed by atoms with E-state index in [1.807, 2.05) is 78.3 Å². The minimum absolute atomic E-state index is 0.0703. The van der Waals surface area contributed by atoms with Gasteiger partial charge in [0.25, 0.3) is 5.91 Å². The normalized spacial score (nSPS) is 11.0. The Morgan fingerprint density at radius 1 is 0.865 bits per heavy atom. The third-order valence-corrected chi connectivity index (χ3v) is 7.84. The van der Waals surface area contributed by atoms with Gasteiger partial charge in [0.1, 0.15) is 5.01 Å². The third-order valence-electron chi connectivity index (χ3n) is 5.78. The molecule has 3 N–H and O–H groups in total. The number of nitrogens with one attached hydrogen (secondary N) is 1. The molecule has 0 radical (unpaired) electrons. The van der Waals surface area contributed by atoms with Crippen molar-refractivity contribution in [1.82, 2.24) is 25.3 Å². The van der Waals surface area contributed by atoms with Gasteiger partial charge >= 0.3 is 0 Å². The molecular weight excluding hydrogens is 500 g/mol. The second-order valence-electron chi connectivity index (χ2n) is 8.21. The minimum atomic E-state index is -0.402. The predicted molar refractivity (Wildman–Crippen MR) is 149 cm³/mol. The van der Waals surface area contributed by atoms with Crippen LogP contribution in [-0.2, 0) is 6.54 Å². The average Bonchev–Trinajstić information content (AvgIpc) is 3.64. The molecule has 1 amide bonds. The molecule has 0 saturated heterocycles. The van der Waals surface area contributed by atoms with Gasteiger partial charge in [-0.3, -0.25) is 9.78 Å². The van der Waals surface area contributed by atoms with Gasteiger partial charge in [-0.15, -0.1) is 22.7 Å². The Hall–Kier alpha value is -4.47. The van der Waals surface area contributed by atoms with E-state index in [9.17, 15) is 4.79 Å². The van der Waals surface area contributed by atoms with Crippen molar-refractivity contribution < 1.29 is 4.79 Å². The molecule has 0 bridgehead atoms. The second kappa shape index (κ2) is 9.88. The smallest absolute Gasteiger partial charge is 0.274 e. The van der Waals surface area contributed by atoms with Crippen LogP contribution in [0.4, 0.5) is 5.82 Å². The number of rotatable bonds is 6. The van der Waals surface area contributed by atoms with Gasteiger partial charge in [0.05, 0.1) is 28.3 Å². The molecule has 7 nitrogen and oxygen atoms in total. The van der Waals surface area contributed by atoms with Crippen molar-refractivity contribution in [1.29, 1.82) is 0 Å². The number of carbonyl (C=O) groups excluding carboxylic acids is 1. The van der Waals surface area contributed by atoms with Crippen LogP contribution >= 0.6 is 22.7 Å². The van der Waals surface area contributed by atoms with E-state index in [0.717, 1.165) is 36.8 Å². The number of anilines is 1. The van der Waals surface area contributed by atoms with Crippen LogP contribution in [0.5, 0.6) is 0 Å². The fourth-order valence-electron chi connectivity index (χ4n) is 4.00. The molecule has 0 unspecified atom stereocenters. The van der Waals surface area contributed by atoms with Crippen LogP contribution in [0.25, 0.3) is 43.2 Å². The quantitative estimate of drug-likeness (QED) is 0.277. The Balaban J connectivity index is 1.35. The topological polar surface area (TPSA) is 107 Å². The predicted octanol–water partition coefficient (Wildman–Crippen LogP) is 6.06. The summed E-state index contributed by atoms with van der Waals surface area (Å²) in [5, 5.41) is 6.69. The van der Waals surface area contributed by atoms with Gasteiger partial charge in [-0.2, -0.15) is 0 Å². The standard InChI is InChI=1S/C28H20N6OS2/c29-27-26(28(35)32-16-23-31-15-22(37-23)21-9-5-13-36-21)33-25(24(34-27)17-6-2-1-3-7-17)19-10-11-20-18(14-19)8-4-12-30-20/h1-15H,16H2,(H2,29,34)(H,32,35). The summed E-state index contributed by atoms with van der Waals surface area (Å²) in [4.78, 5) is 33.6. The Morgan fingerprint density at radius 3 is 2.57 bits per heavy atom. The highest BCUT2D eigenvalue weighted by Gasteiger charge is 2.20. The molecule has 0 spiro atoms. The summed E-state index contributed by atoms with van der Waals surface area (Å²) in [7, 11) is 0. The average molecular weight is 521 g/mol. The van der Waals surface area contributed by atoms with Crippen molar-refractivity contribution in [2.24, 2.45) is 0 Å². The lowest BCUT2D eigenvalue weighted by Gasteiger charge is -2.13. The third kappa shape index (κ3) is 4.69. The van der Waals surface area contributed by atoms with Crippen LogP contribution in [0.15, 0.2) is 90.6 Å². The molecule has 4 aromatic heterocycles. The van der Waals surface area contributed by atoms with Gasteiger partial charge in [-0.25, -0.2) is 15.0 Å². The van der Waals surface area contributed by atoms with Gasteiger partial charge in [-0.05, 0) is 29.6 Å². The lowest BCUT2D eigenvalue weighted by atomic mass is 10.0. The van der Waals surface area contributed by atoms with Crippen molar-refractivity contribution in [2.45, 2.75) is 6.54 Å². The zero-order chi connectivity index (χ0) is 25.2. The maximum Gasteiger partial charge on any atom is 0.274 e. The summed E-state index contributed by atoms with van der Waals surface area (Å²) in [6.45, 7) is 0.271. The number of nitrogens with two attached hydrogens (primary N) is 1. The maximum absolute atomic E-state index is 13.2. The molecule has 9 heteroatoms. The summed E-state index contributed by atoms with van der Waals surface area (Å²) in [5.74, 6) is -0.331. The molecule has 6 rings (SSSR count). The van der Waals surface area contributed by atoms with Gasteiger partial charge in [0.2, 0.25) is 0 Å². The number of pyridine rings is 1. The fourth-order valence-corrected chi connectivity index (χ4v) is 5.68. The first-order valence-corrected chi connectivity index (χ1v) is 13.2. The number of thiazole rings is 1. The number of hydrogen-bond donors (Lipinski definition) is 2. The lowest BCUT2D eigenvalue weighted by molar-refractivity contribution is 0.0946. The summed E-state index contributed by atoms with van der Waals surface area (Å²) in [6.07, 6.45) is 3.59. The highest BCUT2D eigenvalue weighted by atomic mass is 32.1. The highest BCUT2D eigenvalue weighted by Crippen LogP contribution is 2.33. The van der Waals surface area contributed by atoms with Gasteiger partial charge in [0, 0.05) is 33.8 Å². The van der Waals surface area contributed by atoms with Gasteiger partial charge in [-0.1, -0.05) is 48.5 Å². The minimum Gasteiger partial charge on any atom is -0.382 e. The molecule has 0 aliphatic rings. The molecule has 180 valence electrons. The van der Waals surface area contributed by atoms with Crippen molar-refractivity contribution in [3.05, 3.63) is 101 Å². The first-order valence-electron chi connectivity index (χ1n) is 11.5. The van der Waals surface area contributed by atoms with Gasteiger partial charge < -0.3 is 11.1 Å². The van der Waals surface area contributed by atoms with E-state index in [2.05, 4.69) is 26.3 Å². The SMILES string of the molecule is Nc1nc(-c2ccccc2)c(-c2ccc3ncccc3c2)nc1C(=O)NCc1ncc(-c2cccs2)s1. The van der Waals surface area contributed by atoms with E-state index in [1.165, 1.54) is 0 Å². The molecule has 2 aromatic carbocycles. The monoisotopic (exact) mass is 520 g/mol. The fraction of sp³-hybridized carbons (Fsp3) is 0.0357.